The number of rotatable bonds is 4. The zero-order valence-corrected chi connectivity index (χ0v) is 13.3. The fraction of sp³-hybridized carbons (Fsp3) is 0.0500. The van der Waals surface area contributed by atoms with Crippen LogP contribution < -0.4 is 0 Å². The Hall–Kier alpha value is -3.47. The Labute approximate surface area is 143 Å². The van der Waals surface area contributed by atoms with Gasteiger partial charge in [0.25, 0.3) is 0 Å². The van der Waals surface area contributed by atoms with Crippen molar-refractivity contribution in [2.75, 3.05) is 0 Å². The first kappa shape index (κ1) is 15.1. The summed E-state index contributed by atoms with van der Waals surface area (Å²) >= 11 is 0. The number of hydrogen-bond donors (Lipinski definition) is 0. The number of aromatic nitrogens is 2. The zero-order chi connectivity index (χ0) is 17.1. The molecule has 0 spiro atoms. The lowest BCUT2D eigenvalue weighted by atomic mass is 10.1. The van der Waals surface area contributed by atoms with Crippen LogP contribution in [0.1, 0.15) is 16.1 Å². The van der Waals surface area contributed by atoms with E-state index in [0.717, 1.165) is 10.9 Å². The maximum atomic E-state index is 12.4. The van der Waals surface area contributed by atoms with E-state index >= 15 is 0 Å². The molecule has 0 radical (unpaired) electrons. The predicted octanol–water partition coefficient (Wildman–Crippen LogP) is 4.25. The second-order valence-electron chi connectivity index (χ2n) is 5.51. The van der Waals surface area contributed by atoms with E-state index in [-0.39, 0.29) is 6.61 Å². The van der Waals surface area contributed by atoms with Crippen molar-refractivity contribution in [1.82, 2.24) is 10.1 Å². The average molecular weight is 330 g/mol. The quantitative estimate of drug-likeness (QED) is 0.523. The molecule has 2 heterocycles. The Morgan fingerprint density at radius 3 is 2.72 bits per heavy atom. The van der Waals surface area contributed by atoms with Crippen molar-refractivity contribution in [3.63, 3.8) is 0 Å². The van der Waals surface area contributed by atoms with Gasteiger partial charge in [-0.1, -0.05) is 53.7 Å². The summed E-state index contributed by atoms with van der Waals surface area (Å²) < 4.78 is 10.7. The van der Waals surface area contributed by atoms with Gasteiger partial charge in [0, 0.05) is 23.2 Å². The Balaban J connectivity index is 1.50. The number of ether oxygens (including phenoxy) is 1. The van der Waals surface area contributed by atoms with E-state index in [1.807, 2.05) is 54.6 Å². The second-order valence-corrected chi connectivity index (χ2v) is 5.51. The van der Waals surface area contributed by atoms with Gasteiger partial charge < -0.3 is 9.26 Å². The van der Waals surface area contributed by atoms with Crippen LogP contribution in [0.3, 0.4) is 0 Å². The molecule has 2 aromatic carbocycles. The minimum absolute atomic E-state index is 0.0401. The molecule has 0 N–H and O–H groups in total. The number of pyridine rings is 1. The zero-order valence-electron chi connectivity index (χ0n) is 13.3. The van der Waals surface area contributed by atoms with E-state index in [9.17, 15) is 4.79 Å². The molecule has 122 valence electrons. The number of fused-ring (bicyclic) bond motifs is 1. The first-order chi connectivity index (χ1) is 12.3. The number of para-hydroxylation sites is 1. The summed E-state index contributed by atoms with van der Waals surface area (Å²) in [6, 6.07) is 20.6. The lowest BCUT2D eigenvalue weighted by Crippen LogP contribution is -2.06. The number of esters is 1. The van der Waals surface area contributed by atoms with Crippen LogP contribution in [0.2, 0.25) is 0 Å². The standard InChI is InChI=1S/C20H14N2O3/c23-20(17-10-4-8-15-9-5-11-21-19(15)17)24-13-16-12-18(25-22-16)14-6-2-1-3-7-14/h1-12H,13H2. The summed E-state index contributed by atoms with van der Waals surface area (Å²) in [5.74, 6) is 0.201. The molecule has 4 rings (SSSR count). The molecule has 2 aromatic heterocycles. The van der Waals surface area contributed by atoms with Crippen molar-refractivity contribution in [2.24, 2.45) is 0 Å². The SMILES string of the molecule is O=C(OCc1cc(-c2ccccc2)on1)c1cccc2cccnc12. The molecule has 4 aromatic rings. The van der Waals surface area contributed by atoms with Gasteiger partial charge >= 0.3 is 5.97 Å². The highest BCUT2D eigenvalue weighted by molar-refractivity contribution is 6.02. The predicted molar refractivity (Wildman–Crippen MR) is 92.8 cm³/mol. The van der Waals surface area contributed by atoms with E-state index in [0.29, 0.717) is 22.5 Å². The Kier molecular flexibility index (Phi) is 3.96. The molecule has 0 saturated heterocycles. The Morgan fingerprint density at radius 1 is 1.00 bits per heavy atom. The molecule has 0 bridgehead atoms. The third-order valence-electron chi connectivity index (χ3n) is 3.82. The van der Waals surface area contributed by atoms with Gasteiger partial charge in [-0.3, -0.25) is 4.98 Å². The minimum Gasteiger partial charge on any atom is -0.455 e. The van der Waals surface area contributed by atoms with Gasteiger partial charge in [-0.05, 0) is 12.1 Å². The van der Waals surface area contributed by atoms with Crippen LogP contribution in [0.15, 0.2) is 77.4 Å². The van der Waals surface area contributed by atoms with E-state index in [4.69, 9.17) is 9.26 Å². The third-order valence-corrected chi connectivity index (χ3v) is 3.82. The van der Waals surface area contributed by atoms with Gasteiger partial charge in [-0.15, -0.1) is 0 Å². The molecule has 5 heteroatoms. The number of carbonyl (C=O) groups is 1. The molecule has 0 aliphatic rings. The van der Waals surface area contributed by atoms with E-state index < -0.39 is 5.97 Å². The number of nitrogens with zero attached hydrogens (tertiary/aromatic N) is 2. The first-order valence-electron chi connectivity index (χ1n) is 7.83. The third kappa shape index (κ3) is 3.12. The average Bonchev–Trinajstić information content (AvgIpc) is 3.15. The summed E-state index contributed by atoms with van der Waals surface area (Å²) in [5, 5.41) is 4.85. The first-order valence-corrected chi connectivity index (χ1v) is 7.83. The maximum absolute atomic E-state index is 12.4. The van der Waals surface area contributed by atoms with Crippen molar-refractivity contribution < 1.29 is 14.1 Å². The molecular weight excluding hydrogens is 316 g/mol. The summed E-state index contributed by atoms with van der Waals surface area (Å²) in [7, 11) is 0. The smallest absolute Gasteiger partial charge is 0.340 e. The topological polar surface area (TPSA) is 65.2 Å². The van der Waals surface area contributed by atoms with Crippen LogP contribution in [0, 0.1) is 0 Å². The van der Waals surface area contributed by atoms with Crippen molar-refractivity contribution in [1.29, 1.82) is 0 Å². The van der Waals surface area contributed by atoms with Crippen molar-refractivity contribution >= 4 is 16.9 Å². The van der Waals surface area contributed by atoms with E-state index in [1.54, 1.807) is 18.3 Å². The molecule has 0 atom stereocenters. The van der Waals surface area contributed by atoms with Crippen LogP contribution in [-0.4, -0.2) is 16.1 Å². The van der Waals surface area contributed by atoms with Crippen molar-refractivity contribution in [3.8, 4) is 11.3 Å². The fourth-order valence-electron chi connectivity index (χ4n) is 2.60. The normalized spacial score (nSPS) is 10.7. The molecule has 5 nitrogen and oxygen atoms in total. The highest BCUT2D eigenvalue weighted by Crippen LogP contribution is 2.21. The number of benzene rings is 2. The van der Waals surface area contributed by atoms with E-state index in [1.165, 1.54) is 0 Å². The largest absolute Gasteiger partial charge is 0.455 e. The van der Waals surface area contributed by atoms with Crippen LogP contribution in [-0.2, 0) is 11.3 Å². The summed E-state index contributed by atoms with van der Waals surface area (Å²) in [5.41, 5.74) is 2.54. The minimum atomic E-state index is -0.437. The summed E-state index contributed by atoms with van der Waals surface area (Å²) in [6.45, 7) is 0.0401. The lowest BCUT2D eigenvalue weighted by Gasteiger charge is -2.05. The highest BCUT2D eigenvalue weighted by atomic mass is 16.5. The number of hydrogen-bond acceptors (Lipinski definition) is 5. The van der Waals surface area contributed by atoms with Gasteiger partial charge in [0.05, 0.1) is 11.1 Å². The van der Waals surface area contributed by atoms with Crippen molar-refractivity contribution in [3.05, 3.63) is 84.2 Å². The molecule has 0 aliphatic heterocycles. The van der Waals surface area contributed by atoms with Gasteiger partial charge in [-0.2, -0.15) is 0 Å². The maximum Gasteiger partial charge on any atom is 0.340 e. The summed E-state index contributed by atoms with van der Waals surface area (Å²) in [6.07, 6.45) is 1.66. The molecule has 0 aliphatic carbocycles. The van der Waals surface area contributed by atoms with Crippen LogP contribution in [0.4, 0.5) is 0 Å². The number of carbonyl (C=O) groups excluding carboxylic acids is 1. The molecular formula is C20H14N2O3. The monoisotopic (exact) mass is 330 g/mol. The van der Waals surface area contributed by atoms with Gasteiger partial charge in [0.2, 0.25) is 0 Å². The van der Waals surface area contributed by atoms with Gasteiger partial charge in [0.1, 0.15) is 12.3 Å². The second kappa shape index (κ2) is 6.57. The van der Waals surface area contributed by atoms with Crippen molar-refractivity contribution in [2.45, 2.75) is 6.61 Å². The van der Waals surface area contributed by atoms with Crippen LogP contribution >= 0.6 is 0 Å². The van der Waals surface area contributed by atoms with E-state index in [2.05, 4.69) is 10.1 Å². The molecule has 0 fully saturated rings. The van der Waals surface area contributed by atoms with Crippen LogP contribution in [0.25, 0.3) is 22.2 Å². The lowest BCUT2D eigenvalue weighted by molar-refractivity contribution is 0.0466. The Morgan fingerprint density at radius 2 is 1.84 bits per heavy atom. The van der Waals surface area contributed by atoms with Crippen LogP contribution in [0.5, 0.6) is 0 Å². The molecule has 25 heavy (non-hydrogen) atoms. The molecule has 0 saturated carbocycles. The van der Waals surface area contributed by atoms with Gasteiger partial charge in [-0.25, -0.2) is 4.79 Å². The highest BCUT2D eigenvalue weighted by Gasteiger charge is 2.14. The molecule has 0 amide bonds. The van der Waals surface area contributed by atoms with Gasteiger partial charge in [0.15, 0.2) is 5.76 Å². The fourth-order valence-corrected chi connectivity index (χ4v) is 2.60. The molecule has 0 unspecified atom stereocenters. The summed E-state index contributed by atoms with van der Waals surface area (Å²) in [4.78, 5) is 16.7. The Bertz CT molecular complexity index is 1020.